The molecule has 0 saturated heterocycles. The Morgan fingerprint density at radius 1 is 1.21 bits per heavy atom. The SMILES string of the molecule is Cc1ccc2c(c1)C(C)(C)C(N)(N)C2. The van der Waals surface area contributed by atoms with E-state index in [2.05, 4.69) is 39.0 Å². The normalized spacial score (nSPS) is 22.1. The van der Waals surface area contributed by atoms with Gasteiger partial charge in [0.2, 0.25) is 0 Å². The second kappa shape index (κ2) is 2.59. The van der Waals surface area contributed by atoms with Crippen LogP contribution in [0.2, 0.25) is 0 Å². The van der Waals surface area contributed by atoms with E-state index in [1.54, 1.807) is 0 Å². The minimum Gasteiger partial charge on any atom is -0.312 e. The first-order chi connectivity index (χ1) is 6.34. The van der Waals surface area contributed by atoms with Gasteiger partial charge in [-0.05, 0) is 18.1 Å². The van der Waals surface area contributed by atoms with Gasteiger partial charge in [-0.15, -0.1) is 0 Å². The molecule has 0 aromatic heterocycles. The van der Waals surface area contributed by atoms with Crippen molar-refractivity contribution in [3.05, 3.63) is 34.9 Å². The summed E-state index contributed by atoms with van der Waals surface area (Å²) in [5.41, 5.74) is 15.4. The van der Waals surface area contributed by atoms with Crippen LogP contribution in [0.1, 0.15) is 30.5 Å². The van der Waals surface area contributed by atoms with E-state index in [1.807, 2.05) is 0 Å². The number of fused-ring (bicyclic) bond motifs is 1. The van der Waals surface area contributed by atoms with Crippen molar-refractivity contribution in [2.75, 3.05) is 0 Å². The van der Waals surface area contributed by atoms with Gasteiger partial charge in [0.25, 0.3) is 0 Å². The molecule has 0 spiro atoms. The predicted molar refractivity (Wildman–Crippen MR) is 59.0 cm³/mol. The highest BCUT2D eigenvalue weighted by atomic mass is 15.0. The maximum absolute atomic E-state index is 6.13. The molecular weight excluding hydrogens is 172 g/mol. The summed E-state index contributed by atoms with van der Waals surface area (Å²) in [6.45, 7) is 6.35. The molecule has 0 saturated carbocycles. The van der Waals surface area contributed by atoms with Gasteiger partial charge in [-0.25, -0.2) is 0 Å². The maximum Gasteiger partial charge on any atom is 0.0771 e. The van der Waals surface area contributed by atoms with Crippen molar-refractivity contribution in [1.82, 2.24) is 0 Å². The molecule has 0 amide bonds. The van der Waals surface area contributed by atoms with Crippen LogP contribution in [0.15, 0.2) is 18.2 Å². The fraction of sp³-hybridized carbons (Fsp3) is 0.500. The summed E-state index contributed by atoms with van der Waals surface area (Å²) in [4.78, 5) is 0. The van der Waals surface area contributed by atoms with E-state index < -0.39 is 5.66 Å². The number of aryl methyl sites for hydroxylation is 1. The van der Waals surface area contributed by atoms with Gasteiger partial charge in [-0.1, -0.05) is 37.6 Å². The molecule has 0 atom stereocenters. The summed E-state index contributed by atoms with van der Waals surface area (Å²) in [5, 5.41) is 0. The third kappa shape index (κ3) is 1.11. The lowest BCUT2D eigenvalue weighted by atomic mass is 9.79. The van der Waals surface area contributed by atoms with Gasteiger partial charge in [0.1, 0.15) is 0 Å². The zero-order valence-corrected chi connectivity index (χ0v) is 9.09. The smallest absolute Gasteiger partial charge is 0.0771 e. The lowest BCUT2D eigenvalue weighted by molar-refractivity contribution is 0.291. The molecular formula is C12H18N2. The molecule has 1 aliphatic carbocycles. The molecule has 76 valence electrons. The van der Waals surface area contributed by atoms with E-state index in [-0.39, 0.29) is 5.41 Å². The van der Waals surface area contributed by atoms with Crippen molar-refractivity contribution in [2.45, 2.75) is 38.3 Å². The summed E-state index contributed by atoms with van der Waals surface area (Å²) >= 11 is 0. The van der Waals surface area contributed by atoms with Gasteiger partial charge in [0.15, 0.2) is 0 Å². The number of benzene rings is 1. The first-order valence-electron chi connectivity index (χ1n) is 5.02. The fourth-order valence-electron chi connectivity index (χ4n) is 2.21. The Kier molecular flexibility index (Phi) is 1.79. The fourth-order valence-corrected chi connectivity index (χ4v) is 2.21. The molecule has 0 fully saturated rings. The van der Waals surface area contributed by atoms with Crippen LogP contribution in [-0.2, 0) is 11.8 Å². The molecule has 2 heteroatoms. The van der Waals surface area contributed by atoms with Crippen molar-refractivity contribution < 1.29 is 0 Å². The molecule has 0 unspecified atom stereocenters. The van der Waals surface area contributed by atoms with Crippen LogP contribution in [0.4, 0.5) is 0 Å². The van der Waals surface area contributed by atoms with Gasteiger partial charge in [-0.2, -0.15) is 0 Å². The van der Waals surface area contributed by atoms with Crippen molar-refractivity contribution in [2.24, 2.45) is 11.5 Å². The van der Waals surface area contributed by atoms with E-state index >= 15 is 0 Å². The van der Waals surface area contributed by atoms with Gasteiger partial charge in [0.05, 0.1) is 5.66 Å². The van der Waals surface area contributed by atoms with E-state index in [0.29, 0.717) is 0 Å². The second-order valence-electron chi connectivity index (χ2n) is 5.00. The van der Waals surface area contributed by atoms with Crippen molar-refractivity contribution >= 4 is 0 Å². The Hall–Kier alpha value is -0.860. The average Bonchev–Trinajstić information content (AvgIpc) is 2.22. The Bertz CT molecular complexity index is 378. The van der Waals surface area contributed by atoms with Crippen LogP contribution in [0, 0.1) is 6.92 Å². The van der Waals surface area contributed by atoms with Gasteiger partial charge >= 0.3 is 0 Å². The van der Waals surface area contributed by atoms with Gasteiger partial charge in [0, 0.05) is 11.8 Å². The molecule has 2 rings (SSSR count). The van der Waals surface area contributed by atoms with E-state index in [1.165, 1.54) is 16.7 Å². The Balaban J connectivity index is 2.62. The van der Waals surface area contributed by atoms with E-state index in [9.17, 15) is 0 Å². The first-order valence-corrected chi connectivity index (χ1v) is 5.02. The third-order valence-electron chi connectivity index (χ3n) is 3.59. The van der Waals surface area contributed by atoms with Crippen LogP contribution < -0.4 is 11.5 Å². The summed E-state index contributed by atoms with van der Waals surface area (Å²) < 4.78 is 0. The molecule has 0 radical (unpaired) electrons. The summed E-state index contributed by atoms with van der Waals surface area (Å²) in [6, 6.07) is 6.47. The number of rotatable bonds is 0. The highest BCUT2D eigenvalue weighted by Crippen LogP contribution is 2.41. The zero-order chi connectivity index (χ0) is 10.6. The average molecular weight is 190 g/mol. The molecule has 1 aliphatic rings. The highest BCUT2D eigenvalue weighted by Gasteiger charge is 2.46. The summed E-state index contributed by atoms with van der Waals surface area (Å²) in [5.74, 6) is 0. The molecule has 2 nitrogen and oxygen atoms in total. The summed E-state index contributed by atoms with van der Waals surface area (Å²) in [7, 11) is 0. The molecule has 1 aromatic carbocycles. The molecule has 0 aliphatic heterocycles. The number of hydrogen-bond donors (Lipinski definition) is 2. The largest absolute Gasteiger partial charge is 0.312 e. The second-order valence-corrected chi connectivity index (χ2v) is 5.00. The zero-order valence-electron chi connectivity index (χ0n) is 9.09. The van der Waals surface area contributed by atoms with E-state index in [4.69, 9.17) is 11.5 Å². The highest BCUT2D eigenvalue weighted by molar-refractivity contribution is 5.45. The minimum absolute atomic E-state index is 0.131. The van der Waals surface area contributed by atoms with Crippen LogP contribution in [0.3, 0.4) is 0 Å². The Morgan fingerprint density at radius 3 is 2.50 bits per heavy atom. The molecule has 0 bridgehead atoms. The van der Waals surface area contributed by atoms with Gasteiger partial charge in [-0.3, -0.25) is 0 Å². The molecule has 0 heterocycles. The monoisotopic (exact) mass is 190 g/mol. The number of nitrogens with two attached hydrogens (primary N) is 2. The van der Waals surface area contributed by atoms with Crippen LogP contribution in [-0.4, -0.2) is 5.66 Å². The molecule has 14 heavy (non-hydrogen) atoms. The lowest BCUT2D eigenvalue weighted by Gasteiger charge is -2.35. The van der Waals surface area contributed by atoms with Crippen molar-refractivity contribution in [3.63, 3.8) is 0 Å². The van der Waals surface area contributed by atoms with Crippen molar-refractivity contribution in [1.29, 1.82) is 0 Å². The Labute approximate surface area is 85.3 Å². The summed E-state index contributed by atoms with van der Waals surface area (Å²) in [6.07, 6.45) is 0.773. The first kappa shape index (κ1) is 9.69. The lowest BCUT2D eigenvalue weighted by Crippen LogP contribution is -2.60. The molecule has 1 aromatic rings. The predicted octanol–water partition coefficient (Wildman–Crippen LogP) is 1.44. The quantitative estimate of drug-likeness (QED) is 0.608. The van der Waals surface area contributed by atoms with Crippen LogP contribution >= 0.6 is 0 Å². The topological polar surface area (TPSA) is 52.0 Å². The van der Waals surface area contributed by atoms with Crippen LogP contribution in [0.5, 0.6) is 0 Å². The van der Waals surface area contributed by atoms with Gasteiger partial charge < -0.3 is 11.5 Å². The van der Waals surface area contributed by atoms with Crippen molar-refractivity contribution in [3.8, 4) is 0 Å². The number of hydrogen-bond acceptors (Lipinski definition) is 2. The maximum atomic E-state index is 6.13. The Morgan fingerprint density at radius 2 is 1.86 bits per heavy atom. The third-order valence-corrected chi connectivity index (χ3v) is 3.59. The van der Waals surface area contributed by atoms with E-state index in [0.717, 1.165) is 6.42 Å². The standard InChI is InChI=1S/C12H18N2/c1-8-4-5-9-7-12(13,14)11(2,3)10(9)6-8/h4-6H,7,13-14H2,1-3H3. The molecule has 4 N–H and O–H groups in total. The minimum atomic E-state index is -0.608. The van der Waals surface area contributed by atoms with Crippen LogP contribution in [0.25, 0.3) is 0 Å².